The Balaban J connectivity index is 2.22. The van der Waals surface area contributed by atoms with Crippen LogP contribution < -0.4 is 10.3 Å². The predicted molar refractivity (Wildman–Crippen MR) is 100 cm³/mol. The molecule has 2 aromatic rings. The Bertz CT molecular complexity index is 946. The molecular weight excluding hydrogens is 352 g/mol. The second-order valence-electron chi connectivity index (χ2n) is 6.69. The highest BCUT2D eigenvalue weighted by molar-refractivity contribution is 7.89. The molecule has 1 aromatic heterocycles. The van der Waals surface area contributed by atoms with Crippen molar-refractivity contribution in [2.45, 2.75) is 59.9 Å². The zero-order chi connectivity index (χ0) is 19.8. The third-order valence-corrected chi connectivity index (χ3v) is 6.44. The first-order valence-corrected chi connectivity index (χ1v) is 9.82. The number of carbonyl (C=O) groups is 1. The minimum Gasteiger partial charge on any atom is -0.276 e. The van der Waals surface area contributed by atoms with Crippen molar-refractivity contribution in [2.75, 3.05) is 0 Å². The second-order valence-corrected chi connectivity index (χ2v) is 8.31. The number of sulfonamides is 1. The topological polar surface area (TPSA) is 93.1 Å². The van der Waals surface area contributed by atoms with E-state index in [9.17, 15) is 13.2 Å². The number of carbonyl (C=O) groups excluding carboxylic acids is 1. The Hall–Kier alpha value is -2.19. The minimum absolute atomic E-state index is 0.0634. The molecule has 0 bridgehead atoms. The van der Waals surface area contributed by atoms with E-state index >= 15 is 0 Å². The molecule has 0 aliphatic rings. The molecule has 0 aliphatic heterocycles. The molecule has 0 spiro atoms. The van der Waals surface area contributed by atoms with Gasteiger partial charge < -0.3 is 0 Å². The molecule has 2 rings (SSSR count). The van der Waals surface area contributed by atoms with Crippen molar-refractivity contribution in [2.24, 2.45) is 0 Å². The fraction of sp³-hybridized carbons (Fsp3) is 0.444. The summed E-state index contributed by atoms with van der Waals surface area (Å²) in [5.74, 6) is -0.490. The van der Waals surface area contributed by atoms with Gasteiger partial charge in [0.15, 0.2) is 0 Å². The van der Waals surface area contributed by atoms with E-state index in [-0.39, 0.29) is 11.4 Å². The number of rotatable bonds is 5. The molecule has 0 atom stereocenters. The van der Waals surface area contributed by atoms with Gasteiger partial charge in [-0.25, -0.2) is 8.42 Å². The summed E-state index contributed by atoms with van der Waals surface area (Å²) >= 11 is 0. The van der Waals surface area contributed by atoms with Gasteiger partial charge >= 0.3 is 0 Å². The lowest BCUT2D eigenvalue weighted by atomic mass is 9.95. The van der Waals surface area contributed by atoms with E-state index in [0.717, 1.165) is 28.1 Å². The molecule has 0 aliphatic carbocycles. The smallest absolute Gasteiger partial charge is 0.257 e. The third kappa shape index (κ3) is 3.81. The first-order valence-electron chi connectivity index (χ1n) is 8.34. The van der Waals surface area contributed by atoms with Gasteiger partial charge in [-0.2, -0.15) is 5.10 Å². The van der Waals surface area contributed by atoms with Crippen molar-refractivity contribution >= 4 is 15.9 Å². The summed E-state index contributed by atoms with van der Waals surface area (Å²) in [5, 5.41) is 4.19. The number of aromatic nitrogens is 2. The molecule has 0 fully saturated rings. The Labute approximate surface area is 154 Å². The summed E-state index contributed by atoms with van der Waals surface area (Å²) in [7, 11) is -3.89. The highest BCUT2D eigenvalue weighted by Crippen LogP contribution is 2.29. The fourth-order valence-corrected chi connectivity index (χ4v) is 4.52. The monoisotopic (exact) mass is 378 g/mol. The maximum Gasteiger partial charge on any atom is 0.257 e. The van der Waals surface area contributed by atoms with Crippen molar-refractivity contribution in [1.29, 1.82) is 0 Å². The Kier molecular flexibility index (Phi) is 5.58. The Morgan fingerprint density at radius 1 is 0.962 bits per heavy atom. The highest BCUT2D eigenvalue weighted by Gasteiger charge is 2.24. The van der Waals surface area contributed by atoms with E-state index in [1.807, 2.05) is 40.7 Å². The van der Waals surface area contributed by atoms with Gasteiger partial charge in [0.05, 0.1) is 10.6 Å². The average molecular weight is 378 g/mol. The van der Waals surface area contributed by atoms with Crippen LogP contribution in [0.1, 0.15) is 39.2 Å². The average Bonchev–Trinajstić information content (AvgIpc) is 2.86. The lowest BCUT2D eigenvalue weighted by molar-refractivity contribution is -0.122. The summed E-state index contributed by atoms with van der Waals surface area (Å²) in [6.45, 7) is 12.9. The largest absolute Gasteiger partial charge is 0.276 e. The van der Waals surface area contributed by atoms with Crippen LogP contribution in [0, 0.1) is 48.5 Å². The molecule has 0 unspecified atom stereocenters. The van der Waals surface area contributed by atoms with Crippen LogP contribution in [0.2, 0.25) is 0 Å². The van der Waals surface area contributed by atoms with Gasteiger partial charge in [-0.3, -0.25) is 14.9 Å². The SMILES string of the molecule is Cc1cc(C)n(CC(=O)NNS(=O)(=O)c2c(C)c(C)c(C)c(C)c2C)n1. The quantitative estimate of drug-likeness (QED) is 0.779. The van der Waals surface area contributed by atoms with Crippen molar-refractivity contribution in [3.8, 4) is 0 Å². The molecule has 1 aromatic carbocycles. The minimum atomic E-state index is -3.89. The summed E-state index contributed by atoms with van der Waals surface area (Å²) in [6, 6.07) is 1.85. The molecule has 0 saturated carbocycles. The van der Waals surface area contributed by atoms with Gasteiger partial charge in [0, 0.05) is 5.69 Å². The van der Waals surface area contributed by atoms with Gasteiger partial charge in [-0.15, -0.1) is 4.83 Å². The Morgan fingerprint density at radius 2 is 1.46 bits per heavy atom. The van der Waals surface area contributed by atoms with Crippen molar-refractivity contribution in [3.63, 3.8) is 0 Å². The van der Waals surface area contributed by atoms with Crippen LogP contribution >= 0.6 is 0 Å². The van der Waals surface area contributed by atoms with Crippen molar-refractivity contribution in [1.82, 2.24) is 20.0 Å². The number of nitrogens with one attached hydrogen (secondary N) is 2. The molecule has 142 valence electrons. The molecule has 0 radical (unpaired) electrons. The summed E-state index contributed by atoms with van der Waals surface area (Å²) in [6.07, 6.45) is 0. The van der Waals surface area contributed by atoms with Crippen LogP contribution in [0.5, 0.6) is 0 Å². The van der Waals surface area contributed by atoms with E-state index in [4.69, 9.17) is 0 Å². The summed E-state index contributed by atoms with van der Waals surface area (Å²) in [4.78, 5) is 14.5. The maximum atomic E-state index is 12.8. The van der Waals surface area contributed by atoms with Gasteiger partial charge in [0.2, 0.25) is 0 Å². The molecule has 26 heavy (non-hydrogen) atoms. The molecule has 1 heterocycles. The first kappa shape index (κ1) is 20.1. The van der Waals surface area contributed by atoms with E-state index in [1.54, 1.807) is 13.8 Å². The van der Waals surface area contributed by atoms with E-state index in [1.165, 1.54) is 4.68 Å². The van der Waals surface area contributed by atoms with Crippen LogP contribution in [-0.2, 0) is 21.4 Å². The van der Waals surface area contributed by atoms with Gasteiger partial charge in [-0.05, 0) is 82.3 Å². The fourth-order valence-electron chi connectivity index (χ4n) is 3.05. The van der Waals surface area contributed by atoms with Crippen molar-refractivity contribution in [3.05, 3.63) is 45.3 Å². The molecular formula is C18H26N4O3S. The van der Waals surface area contributed by atoms with E-state index in [0.29, 0.717) is 11.1 Å². The van der Waals surface area contributed by atoms with E-state index in [2.05, 4.69) is 15.4 Å². The molecule has 7 nitrogen and oxygen atoms in total. The first-order chi connectivity index (χ1) is 12.0. The zero-order valence-corrected chi connectivity index (χ0v) is 17.1. The van der Waals surface area contributed by atoms with Gasteiger partial charge in [-0.1, -0.05) is 0 Å². The highest BCUT2D eigenvalue weighted by atomic mass is 32.2. The van der Waals surface area contributed by atoms with Crippen molar-refractivity contribution < 1.29 is 13.2 Å². The maximum absolute atomic E-state index is 12.8. The number of nitrogens with zero attached hydrogens (tertiary/aromatic N) is 2. The van der Waals surface area contributed by atoms with E-state index < -0.39 is 15.9 Å². The number of amides is 1. The standard InChI is InChI=1S/C18H26N4O3S/c1-10-8-11(2)22(20-10)9-17(23)19-21-26(24,25)18-15(6)13(4)12(3)14(5)16(18)7/h8,21H,9H2,1-7H3,(H,19,23). The number of aryl methyl sites for hydroxylation is 2. The van der Waals surface area contributed by atoms with Gasteiger partial charge in [0.25, 0.3) is 15.9 Å². The number of hydrazine groups is 1. The summed E-state index contributed by atoms with van der Waals surface area (Å²) in [5.41, 5.74) is 8.22. The number of hydrogen-bond donors (Lipinski definition) is 2. The zero-order valence-electron chi connectivity index (χ0n) is 16.3. The Morgan fingerprint density at radius 3 is 1.92 bits per heavy atom. The normalized spacial score (nSPS) is 11.7. The number of hydrogen-bond acceptors (Lipinski definition) is 4. The lowest BCUT2D eigenvalue weighted by Gasteiger charge is -2.19. The van der Waals surface area contributed by atoms with Gasteiger partial charge in [0.1, 0.15) is 6.54 Å². The molecule has 0 saturated heterocycles. The summed E-state index contributed by atoms with van der Waals surface area (Å²) < 4.78 is 27.1. The van der Waals surface area contributed by atoms with Crippen LogP contribution in [0.25, 0.3) is 0 Å². The van der Waals surface area contributed by atoms with Crippen LogP contribution in [-0.4, -0.2) is 24.1 Å². The molecule has 8 heteroatoms. The molecule has 1 amide bonds. The second kappa shape index (κ2) is 7.20. The van der Waals surface area contributed by atoms with Crippen LogP contribution in [0.4, 0.5) is 0 Å². The predicted octanol–water partition coefficient (Wildman–Crippen LogP) is 2.05. The van der Waals surface area contributed by atoms with Crippen LogP contribution in [0.15, 0.2) is 11.0 Å². The lowest BCUT2D eigenvalue weighted by Crippen LogP contribution is -2.43. The molecule has 2 N–H and O–H groups in total. The number of benzene rings is 1. The van der Waals surface area contributed by atoms with Crippen LogP contribution in [0.3, 0.4) is 0 Å². The third-order valence-electron chi connectivity index (χ3n) is 4.92.